The van der Waals surface area contributed by atoms with Crippen LogP contribution in [0, 0.1) is 13.8 Å². The van der Waals surface area contributed by atoms with Gasteiger partial charge in [-0.2, -0.15) is 0 Å². The van der Waals surface area contributed by atoms with E-state index in [1.54, 1.807) is 18.2 Å². The van der Waals surface area contributed by atoms with Gasteiger partial charge in [0.25, 0.3) is 11.1 Å². The number of ether oxygens (including phenoxy) is 1. The number of thioether (sulfide) groups is 1. The normalized spacial score (nSPS) is 10.7. The van der Waals surface area contributed by atoms with Gasteiger partial charge >= 0.3 is 0 Å². The Bertz CT molecular complexity index is 994. The summed E-state index contributed by atoms with van der Waals surface area (Å²) < 4.78 is 11.0. The van der Waals surface area contributed by atoms with Crippen molar-refractivity contribution >= 4 is 46.6 Å². The molecular formula is C19H17Cl2N3O3S. The summed E-state index contributed by atoms with van der Waals surface area (Å²) in [7, 11) is 0. The van der Waals surface area contributed by atoms with Crippen LogP contribution in [0.25, 0.3) is 0 Å². The minimum Gasteiger partial charge on any atom is -0.482 e. The Hall–Kier alpha value is -2.22. The summed E-state index contributed by atoms with van der Waals surface area (Å²) in [5.41, 5.74) is 2.94. The fourth-order valence-electron chi connectivity index (χ4n) is 2.35. The molecule has 3 aromatic rings. The van der Waals surface area contributed by atoms with E-state index in [0.29, 0.717) is 15.8 Å². The number of benzene rings is 2. The van der Waals surface area contributed by atoms with Crippen molar-refractivity contribution in [2.75, 3.05) is 11.1 Å². The molecule has 0 fully saturated rings. The molecule has 0 aliphatic heterocycles. The number of rotatable bonds is 7. The quantitative estimate of drug-likeness (QED) is 0.505. The summed E-state index contributed by atoms with van der Waals surface area (Å²) in [5.74, 6) is 0.745. The van der Waals surface area contributed by atoms with Gasteiger partial charge in [-0.25, -0.2) is 0 Å². The number of hydrogen-bond donors (Lipinski definition) is 1. The summed E-state index contributed by atoms with van der Waals surface area (Å²) >= 11 is 13.0. The molecule has 6 nitrogen and oxygen atoms in total. The number of carbonyl (C=O) groups is 1. The summed E-state index contributed by atoms with van der Waals surface area (Å²) in [6.45, 7) is 4.02. The van der Waals surface area contributed by atoms with E-state index in [-0.39, 0.29) is 29.4 Å². The zero-order chi connectivity index (χ0) is 20.1. The minimum atomic E-state index is -0.152. The molecule has 0 saturated carbocycles. The highest BCUT2D eigenvalue weighted by atomic mass is 35.5. The van der Waals surface area contributed by atoms with Crippen molar-refractivity contribution in [2.24, 2.45) is 0 Å². The number of nitrogens with one attached hydrogen (secondary N) is 1. The van der Waals surface area contributed by atoms with Crippen LogP contribution < -0.4 is 10.1 Å². The molecule has 9 heteroatoms. The fraction of sp³-hybridized carbons (Fsp3) is 0.211. The van der Waals surface area contributed by atoms with Gasteiger partial charge in [0.15, 0.2) is 6.61 Å². The maximum Gasteiger partial charge on any atom is 0.277 e. The van der Waals surface area contributed by atoms with Crippen LogP contribution in [0.2, 0.25) is 10.0 Å². The maximum atomic E-state index is 12.1. The SMILES string of the molecule is Cc1ccc(NC(=O)CSc2nnc(COc3ccc(Cl)cc3Cl)o2)c(C)c1. The monoisotopic (exact) mass is 437 g/mol. The number of carbonyl (C=O) groups excluding carboxylic acids is 1. The summed E-state index contributed by atoms with van der Waals surface area (Å²) in [5, 5.41) is 11.9. The number of halogens is 2. The molecule has 0 unspecified atom stereocenters. The van der Waals surface area contributed by atoms with Crippen LogP contribution in [0.5, 0.6) is 5.75 Å². The first-order valence-corrected chi connectivity index (χ1v) is 10.0. The molecule has 28 heavy (non-hydrogen) atoms. The lowest BCUT2D eigenvalue weighted by molar-refractivity contribution is -0.113. The number of anilines is 1. The third-order valence-electron chi connectivity index (χ3n) is 3.68. The molecule has 0 spiro atoms. The number of aryl methyl sites for hydroxylation is 2. The highest BCUT2D eigenvalue weighted by Gasteiger charge is 2.12. The van der Waals surface area contributed by atoms with Crippen LogP contribution in [0.3, 0.4) is 0 Å². The first kappa shape index (κ1) is 20.5. The standard InChI is InChI=1S/C19H17Cl2N3O3S/c1-11-3-5-15(12(2)7-11)22-17(25)10-28-19-24-23-18(27-19)9-26-16-6-4-13(20)8-14(16)21/h3-8H,9-10H2,1-2H3,(H,22,25). The van der Waals surface area contributed by atoms with E-state index in [4.69, 9.17) is 32.4 Å². The topological polar surface area (TPSA) is 77.2 Å². The highest BCUT2D eigenvalue weighted by molar-refractivity contribution is 7.99. The van der Waals surface area contributed by atoms with Crippen molar-refractivity contribution in [1.29, 1.82) is 0 Å². The molecule has 1 aromatic heterocycles. The zero-order valence-electron chi connectivity index (χ0n) is 15.2. The molecule has 0 radical (unpaired) electrons. The average Bonchev–Trinajstić information content (AvgIpc) is 3.09. The van der Waals surface area contributed by atoms with E-state index in [1.165, 1.54) is 0 Å². The van der Waals surface area contributed by atoms with Crippen LogP contribution in [-0.4, -0.2) is 21.9 Å². The molecule has 0 aliphatic carbocycles. The Labute approximate surface area is 176 Å². The molecular weight excluding hydrogens is 421 g/mol. The number of amides is 1. The van der Waals surface area contributed by atoms with Crippen molar-refractivity contribution in [3.05, 3.63) is 63.5 Å². The van der Waals surface area contributed by atoms with Gasteiger partial charge in [0.1, 0.15) is 5.75 Å². The van der Waals surface area contributed by atoms with E-state index in [0.717, 1.165) is 28.6 Å². The Morgan fingerprint density at radius 3 is 2.75 bits per heavy atom. The van der Waals surface area contributed by atoms with E-state index >= 15 is 0 Å². The van der Waals surface area contributed by atoms with E-state index < -0.39 is 0 Å². The van der Waals surface area contributed by atoms with Crippen LogP contribution in [-0.2, 0) is 11.4 Å². The first-order valence-electron chi connectivity index (χ1n) is 8.31. The fourth-order valence-corrected chi connectivity index (χ4v) is 3.40. The van der Waals surface area contributed by atoms with Crippen LogP contribution in [0.4, 0.5) is 5.69 Å². The van der Waals surface area contributed by atoms with Gasteiger partial charge in [-0.1, -0.05) is 52.7 Å². The molecule has 0 atom stereocenters. The molecule has 0 saturated heterocycles. The Morgan fingerprint density at radius 1 is 1.18 bits per heavy atom. The largest absolute Gasteiger partial charge is 0.482 e. The summed E-state index contributed by atoms with van der Waals surface area (Å²) in [6, 6.07) is 10.8. The Morgan fingerprint density at radius 2 is 2.00 bits per heavy atom. The predicted molar refractivity (Wildman–Crippen MR) is 110 cm³/mol. The smallest absolute Gasteiger partial charge is 0.277 e. The maximum absolute atomic E-state index is 12.1. The number of hydrogen-bond acceptors (Lipinski definition) is 6. The van der Waals surface area contributed by atoms with Crippen molar-refractivity contribution in [3.63, 3.8) is 0 Å². The molecule has 1 N–H and O–H groups in total. The second-order valence-electron chi connectivity index (χ2n) is 5.98. The number of nitrogens with zero attached hydrogens (tertiary/aromatic N) is 2. The lowest BCUT2D eigenvalue weighted by Gasteiger charge is -2.08. The second kappa shape index (κ2) is 9.32. The lowest BCUT2D eigenvalue weighted by Crippen LogP contribution is -2.14. The molecule has 0 aliphatic rings. The zero-order valence-corrected chi connectivity index (χ0v) is 17.5. The lowest BCUT2D eigenvalue weighted by atomic mass is 10.1. The number of aromatic nitrogens is 2. The first-order chi connectivity index (χ1) is 13.4. The average molecular weight is 438 g/mol. The van der Waals surface area contributed by atoms with Crippen LogP contribution in [0.1, 0.15) is 17.0 Å². The van der Waals surface area contributed by atoms with Crippen LogP contribution in [0.15, 0.2) is 46.0 Å². The molecule has 1 heterocycles. The van der Waals surface area contributed by atoms with Crippen molar-refractivity contribution in [1.82, 2.24) is 10.2 Å². The van der Waals surface area contributed by atoms with Gasteiger partial charge in [-0.05, 0) is 43.7 Å². The predicted octanol–water partition coefficient (Wildman–Crippen LogP) is 5.30. The van der Waals surface area contributed by atoms with E-state index in [1.807, 2.05) is 32.0 Å². The highest BCUT2D eigenvalue weighted by Crippen LogP contribution is 2.28. The van der Waals surface area contributed by atoms with Crippen molar-refractivity contribution < 1.29 is 13.9 Å². The van der Waals surface area contributed by atoms with E-state index in [9.17, 15) is 4.79 Å². The Kier molecular flexibility index (Phi) is 6.83. The third-order valence-corrected chi connectivity index (χ3v) is 5.03. The van der Waals surface area contributed by atoms with E-state index in [2.05, 4.69) is 15.5 Å². The molecule has 2 aromatic carbocycles. The van der Waals surface area contributed by atoms with Crippen molar-refractivity contribution in [2.45, 2.75) is 25.7 Å². The molecule has 146 valence electrons. The third kappa shape index (κ3) is 5.64. The molecule has 0 bridgehead atoms. The van der Waals surface area contributed by atoms with Gasteiger partial charge in [0.2, 0.25) is 5.91 Å². The van der Waals surface area contributed by atoms with Gasteiger partial charge in [-0.3, -0.25) is 4.79 Å². The summed E-state index contributed by atoms with van der Waals surface area (Å²) in [4.78, 5) is 12.1. The Balaban J connectivity index is 1.49. The second-order valence-corrected chi connectivity index (χ2v) is 7.75. The van der Waals surface area contributed by atoms with Gasteiger partial charge in [0, 0.05) is 10.7 Å². The molecule has 3 rings (SSSR count). The minimum absolute atomic E-state index is 0.0592. The van der Waals surface area contributed by atoms with Gasteiger partial charge in [0.05, 0.1) is 10.8 Å². The van der Waals surface area contributed by atoms with Gasteiger partial charge in [-0.15, -0.1) is 10.2 Å². The van der Waals surface area contributed by atoms with Crippen molar-refractivity contribution in [3.8, 4) is 5.75 Å². The van der Waals surface area contributed by atoms with Gasteiger partial charge < -0.3 is 14.5 Å². The summed E-state index contributed by atoms with van der Waals surface area (Å²) in [6.07, 6.45) is 0. The van der Waals surface area contributed by atoms with Crippen LogP contribution >= 0.6 is 35.0 Å². The molecule has 1 amide bonds.